The van der Waals surface area contributed by atoms with Crippen LogP contribution in [0.2, 0.25) is 5.02 Å². The molecule has 1 aromatic carbocycles. The first-order valence-electron chi connectivity index (χ1n) is 8.32. The van der Waals surface area contributed by atoms with Crippen LogP contribution in [0.1, 0.15) is 45.2 Å². The van der Waals surface area contributed by atoms with Gasteiger partial charge in [-0.2, -0.15) is 13.2 Å². The Kier molecular flexibility index (Phi) is 6.93. The highest BCUT2D eigenvalue weighted by atomic mass is 35.5. The molecule has 2 unspecified atom stereocenters. The second-order valence-electron chi connectivity index (χ2n) is 7.44. The first-order chi connectivity index (χ1) is 12.3. The Morgan fingerprint density at radius 1 is 1.22 bits per heavy atom. The van der Waals surface area contributed by atoms with Gasteiger partial charge < -0.3 is 4.74 Å². The standard InChI is InChI=1S/C17H21ClF5NO2S/c1-16(2,3)27(25)24-15(10-5-6-11(19)13(18)14(10)20)9-4-7-12(26-8-9)17(21,22)23/h5-6,9,12,15,24H,4,7-8H2,1-3H3/t9-,12+,15?,27?/m0/s1. The van der Waals surface area contributed by atoms with Crippen molar-refractivity contribution in [3.63, 3.8) is 0 Å². The lowest BCUT2D eigenvalue weighted by molar-refractivity contribution is -0.236. The second kappa shape index (κ2) is 8.31. The summed E-state index contributed by atoms with van der Waals surface area (Å²) in [6.07, 6.45) is -6.60. The van der Waals surface area contributed by atoms with E-state index in [0.717, 1.165) is 12.1 Å². The van der Waals surface area contributed by atoms with Crippen molar-refractivity contribution in [1.29, 1.82) is 0 Å². The van der Waals surface area contributed by atoms with E-state index < -0.39 is 56.6 Å². The summed E-state index contributed by atoms with van der Waals surface area (Å²) in [5.41, 5.74) is -0.0574. The van der Waals surface area contributed by atoms with E-state index in [1.807, 2.05) is 0 Å². The normalized spacial score (nSPS) is 23.9. The molecular weight excluding hydrogens is 413 g/mol. The Labute approximate surface area is 162 Å². The van der Waals surface area contributed by atoms with E-state index >= 15 is 0 Å². The third-order valence-electron chi connectivity index (χ3n) is 4.34. The third kappa shape index (κ3) is 5.40. The molecule has 0 saturated carbocycles. The molecule has 0 aliphatic carbocycles. The van der Waals surface area contributed by atoms with Crippen molar-refractivity contribution in [3.8, 4) is 0 Å². The van der Waals surface area contributed by atoms with Gasteiger partial charge in [0, 0.05) is 11.5 Å². The highest BCUT2D eigenvalue weighted by Crippen LogP contribution is 2.38. The highest BCUT2D eigenvalue weighted by Gasteiger charge is 2.44. The minimum absolute atomic E-state index is 0.0574. The van der Waals surface area contributed by atoms with Crippen molar-refractivity contribution in [2.75, 3.05) is 6.61 Å². The van der Waals surface area contributed by atoms with Gasteiger partial charge in [0.05, 0.1) is 28.4 Å². The largest absolute Gasteiger partial charge is 0.414 e. The predicted octanol–water partition coefficient (Wildman–Crippen LogP) is 5.07. The van der Waals surface area contributed by atoms with Gasteiger partial charge in [0.15, 0.2) is 6.10 Å². The van der Waals surface area contributed by atoms with Crippen molar-refractivity contribution >= 4 is 22.6 Å². The van der Waals surface area contributed by atoms with Crippen LogP contribution in [0.4, 0.5) is 22.0 Å². The van der Waals surface area contributed by atoms with Crippen LogP contribution in [0.15, 0.2) is 12.1 Å². The lowest BCUT2D eigenvalue weighted by Crippen LogP contribution is -2.44. The molecule has 1 heterocycles. The maximum atomic E-state index is 14.5. The summed E-state index contributed by atoms with van der Waals surface area (Å²) in [5, 5.41) is -0.717. The van der Waals surface area contributed by atoms with Crippen molar-refractivity contribution in [3.05, 3.63) is 34.4 Å². The lowest BCUT2D eigenvalue weighted by atomic mass is 9.87. The van der Waals surface area contributed by atoms with Gasteiger partial charge in [-0.1, -0.05) is 17.7 Å². The Hall–Kier alpha value is -0.770. The number of ether oxygens (including phenoxy) is 1. The SMILES string of the molecule is CC(C)(C)S(=O)NC(c1ccc(F)c(Cl)c1F)[C@H]1CC[C@H](C(F)(F)F)OC1. The molecule has 0 bridgehead atoms. The van der Waals surface area contributed by atoms with Gasteiger partial charge in [-0.3, -0.25) is 0 Å². The van der Waals surface area contributed by atoms with E-state index in [1.54, 1.807) is 20.8 Å². The fourth-order valence-electron chi connectivity index (χ4n) is 2.78. The van der Waals surface area contributed by atoms with Crippen LogP contribution in [0, 0.1) is 17.6 Å². The lowest BCUT2D eigenvalue weighted by Gasteiger charge is -2.36. The zero-order valence-corrected chi connectivity index (χ0v) is 16.6. The molecule has 0 aromatic heterocycles. The number of alkyl halides is 3. The zero-order chi connectivity index (χ0) is 20.6. The molecule has 1 aromatic rings. The van der Waals surface area contributed by atoms with Crippen LogP contribution in [-0.2, 0) is 15.7 Å². The Morgan fingerprint density at radius 2 is 1.85 bits per heavy atom. The summed E-state index contributed by atoms with van der Waals surface area (Å²) < 4.78 is 86.0. The molecule has 154 valence electrons. The van der Waals surface area contributed by atoms with Gasteiger partial charge in [0.2, 0.25) is 0 Å². The van der Waals surface area contributed by atoms with E-state index in [-0.39, 0.29) is 25.0 Å². The number of hydrogen-bond donors (Lipinski definition) is 1. The van der Waals surface area contributed by atoms with E-state index in [1.165, 1.54) is 0 Å². The molecule has 27 heavy (non-hydrogen) atoms. The summed E-state index contributed by atoms with van der Waals surface area (Å²) in [6, 6.07) is 1.18. The van der Waals surface area contributed by atoms with Gasteiger partial charge in [-0.25, -0.2) is 17.7 Å². The molecule has 4 atom stereocenters. The number of halogens is 6. The fraction of sp³-hybridized carbons (Fsp3) is 0.647. The van der Waals surface area contributed by atoms with Gasteiger partial charge in [0.1, 0.15) is 16.7 Å². The smallest absolute Gasteiger partial charge is 0.368 e. The highest BCUT2D eigenvalue weighted by molar-refractivity contribution is 7.84. The molecule has 1 aliphatic rings. The van der Waals surface area contributed by atoms with Crippen LogP contribution in [0.3, 0.4) is 0 Å². The molecule has 1 N–H and O–H groups in total. The molecule has 0 amide bonds. The molecule has 0 radical (unpaired) electrons. The van der Waals surface area contributed by atoms with Crippen LogP contribution in [-0.4, -0.2) is 27.8 Å². The third-order valence-corrected chi connectivity index (χ3v) is 6.26. The van der Waals surface area contributed by atoms with Crippen molar-refractivity contribution in [2.24, 2.45) is 5.92 Å². The van der Waals surface area contributed by atoms with Crippen LogP contribution < -0.4 is 4.72 Å². The monoisotopic (exact) mass is 433 g/mol. The molecule has 1 fully saturated rings. The van der Waals surface area contributed by atoms with Crippen molar-refractivity contribution in [2.45, 2.75) is 56.7 Å². The van der Waals surface area contributed by atoms with Crippen LogP contribution >= 0.6 is 11.6 Å². The minimum atomic E-state index is -4.48. The molecule has 1 saturated heterocycles. The first-order valence-corrected chi connectivity index (χ1v) is 9.85. The van der Waals surface area contributed by atoms with Crippen molar-refractivity contribution < 1.29 is 30.9 Å². The Morgan fingerprint density at radius 3 is 2.33 bits per heavy atom. The van der Waals surface area contributed by atoms with E-state index in [9.17, 15) is 26.2 Å². The summed E-state index contributed by atoms with van der Waals surface area (Å²) >= 11 is 5.64. The zero-order valence-electron chi connectivity index (χ0n) is 15.0. The summed E-state index contributed by atoms with van der Waals surface area (Å²) in [7, 11) is -1.65. The average molecular weight is 434 g/mol. The quantitative estimate of drug-likeness (QED) is 0.532. The Balaban J connectivity index is 2.32. The molecule has 10 heteroatoms. The first kappa shape index (κ1) is 22.5. The molecule has 1 aliphatic heterocycles. The molecular formula is C17H21ClF5NO2S. The van der Waals surface area contributed by atoms with Crippen LogP contribution in [0.25, 0.3) is 0 Å². The topological polar surface area (TPSA) is 38.3 Å². The van der Waals surface area contributed by atoms with E-state index in [2.05, 4.69) is 4.72 Å². The number of nitrogens with one attached hydrogen (secondary N) is 1. The summed E-state index contributed by atoms with van der Waals surface area (Å²) in [6.45, 7) is 4.77. The fourth-order valence-corrected chi connectivity index (χ4v) is 3.86. The van der Waals surface area contributed by atoms with Gasteiger partial charge in [-0.05, 0) is 39.7 Å². The van der Waals surface area contributed by atoms with Crippen molar-refractivity contribution in [1.82, 2.24) is 4.72 Å². The Bertz CT molecular complexity index is 700. The van der Waals surface area contributed by atoms with Crippen LogP contribution in [0.5, 0.6) is 0 Å². The number of rotatable bonds is 4. The van der Waals surface area contributed by atoms with E-state index in [4.69, 9.17) is 16.3 Å². The number of hydrogen-bond acceptors (Lipinski definition) is 2. The molecule has 2 rings (SSSR count). The molecule has 3 nitrogen and oxygen atoms in total. The maximum absolute atomic E-state index is 14.5. The maximum Gasteiger partial charge on any atom is 0.414 e. The van der Waals surface area contributed by atoms with Gasteiger partial charge in [0.25, 0.3) is 0 Å². The minimum Gasteiger partial charge on any atom is -0.368 e. The predicted molar refractivity (Wildman–Crippen MR) is 93.7 cm³/mol. The second-order valence-corrected chi connectivity index (χ2v) is 9.82. The van der Waals surface area contributed by atoms with Gasteiger partial charge in [-0.15, -0.1) is 0 Å². The average Bonchev–Trinajstić information content (AvgIpc) is 2.56. The molecule has 0 spiro atoms. The van der Waals surface area contributed by atoms with E-state index in [0.29, 0.717) is 0 Å². The van der Waals surface area contributed by atoms with Gasteiger partial charge >= 0.3 is 6.18 Å². The summed E-state index contributed by atoms with van der Waals surface area (Å²) in [4.78, 5) is 0. The number of benzene rings is 1. The summed E-state index contributed by atoms with van der Waals surface area (Å²) in [5.74, 6) is -2.57.